The van der Waals surface area contributed by atoms with Gasteiger partial charge in [0.25, 0.3) is 0 Å². The minimum Gasteiger partial charge on any atom is -0.391 e. The molecule has 0 radical (unpaired) electrons. The lowest BCUT2D eigenvalue weighted by Crippen LogP contribution is -2.48. The Bertz CT molecular complexity index is 194. The number of hydrogen-bond acceptors (Lipinski definition) is 3. The Kier molecular flexibility index (Phi) is 4.56. The maximum absolute atomic E-state index is 9.99. The smallest absolute Gasteiger partial charge is 0.0695 e. The molecule has 15 heavy (non-hydrogen) atoms. The molecule has 1 aliphatic rings. The van der Waals surface area contributed by atoms with Crippen LogP contribution in [0.25, 0.3) is 0 Å². The van der Waals surface area contributed by atoms with Crippen LogP contribution in [0.3, 0.4) is 0 Å². The molecular formula is C12H25NO2. The van der Waals surface area contributed by atoms with Gasteiger partial charge in [0.1, 0.15) is 0 Å². The highest BCUT2D eigenvalue weighted by Gasteiger charge is 2.35. The molecule has 0 aromatic heterocycles. The van der Waals surface area contributed by atoms with Crippen LogP contribution in [0.2, 0.25) is 0 Å². The Morgan fingerprint density at radius 2 is 2.13 bits per heavy atom. The maximum Gasteiger partial charge on any atom is 0.0695 e. The van der Waals surface area contributed by atoms with E-state index in [-0.39, 0.29) is 6.10 Å². The van der Waals surface area contributed by atoms with Crippen LogP contribution in [-0.4, -0.2) is 49.5 Å². The molecular weight excluding hydrogens is 190 g/mol. The highest BCUT2D eigenvalue weighted by molar-refractivity contribution is 4.89. The molecule has 3 nitrogen and oxygen atoms in total. The molecule has 1 rings (SSSR count). The summed E-state index contributed by atoms with van der Waals surface area (Å²) in [5.41, 5.74) is 0.366. The minimum absolute atomic E-state index is 0.167. The van der Waals surface area contributed by atoms with Crippen LogP contribution in [-0.2, 0) is 4.74 Å². The van der Waals surface area contributed by atoms with Crippen LogP contribution in [0.4, 0.5) is 0 Å². The molecule has 0 spiro atoms. The van der Waals surface area contributed by atoms with E-state index >= 15 is 0 Å². The Balaban J connectivity index is 2.50. The predicted octanol–water partition coefficient (Wildman–Crippen LogP) is 1.50. The van der Waals surface area contributed by atoms with Crippen LogP contribution in [0.5, 0.6) is 0 Å². The molecule has 0 amide bonds. The first-order valence-corrected chi connectivity index (χ1v) is 5.83. The minimum atomic E-state index is -0.167. The van der Waals surface area contributed by atoms with Crippen molar-refractivity contribution in [3.63, 3.8) is 0 Å². The van der Waals surface area contributed by atoms with Gasteiger partial charge in [-0.05, 0) is 31.7 Å². The maximum atomic E-state index is 9.99. The summed E-state index contributed by atoms with van der Waals surface area (Å²) in [7, 11) is 3.80. The van der Waals surface area contributed by atoms with E-state index in [0.29, 0.717) is 11.5 Å². The van der Waals surface area contributed by atoms with Crippen LogP contribution in [0.1, 0.15) is 33.1 Å². The average Bonchev–Trinajstić information content (AvgIpc) is 2.18. The average molecular weight is 215 g/mol. The summed E-state index contributed by atoms with van der Waals surface area (Å²) in [4.78, 5) is 2.23. The van der Waals surface area contributed by atoms with Gasteiger partial charge in [0, 0.05) is 19.7 Å². The molecule has 0 aromatic rings. The van der Waals surface area contributed by atoms with Crippen molar-refractivity contribution in [1.29, 1.82) is 0 Å². The van der Waals surface area contributed by atoms with E-state index in [1.807, 2.05) is 0 Å². The zero-order chi connectivity index (χ0) is 11.5. The number of ether oxygens (including phenoxy) is 1. The summed E-state index contributed by atoms with van der Waals surface area (Å²) in [6.07, 6.45) is 2.96. The van der Waals surface area contributed by atoms with Crippen molar-refractivity contribution < 1.29 is 9.84 Å². The zero-order valence-electron chi connectivity index (χ0n) is 10.5. The lowest BCUT2D eigenvalue weighted by Gasteiger charge is -2.42. The second-order valence-corrected chi connectivity index (χ2v) is 5.52. The van der Waals surface area contributed by atoms with E-state index in [0.717, 1.165) is 32.4 Å². The third kappa shape index (κ3) is 3.74. The van der Waals surface area contributed by atoms with Gasteiger partial charge in [-0.3, -0.25) is 4.90 Å². The SMILES string of the molecule is COCCN(C)C1CC(C)(C)CCC1O. The summed E-state index contributed by atoms with van der Waals surface area (Å²) >= 11 is 0. The molecule has 90 valence electrons. The van der Waals surface area contributed by atoms with Crippen molar-refractivity contribution >= 4 is 0 Å². The zero-order valence-corrected chi connectivity index (χ0v) is 10.5. The number of methoxy groups -OCH3 is 1. The van der Waals surface area contributed by atoms with E-state index in [1.165, 1.54) is 0 Å². The second-order valence-electron chi connectivity index (χ2n) is 5.52. The first-order valence-electron chi connectivity index (χ1n) is 5.83. The first-order chi connectivity index (χ1) is 6.96. The molecule has 0 bridgehead atoms. The Morgan fingerprint density at radius 3 is 2.73 bits per heavy atom. The topological polar surface area (TPSA) is 32.7 Å². The van der Waals surface area contributed by atoms with E-state index in [1.54, 1.807) is 7.11 Å². The monoisotopic (exact) mass is 215 g/mol. The normalized spacial score (nSPS) is 30.8. The van der Waals surface area contributed by atoms with Crippen molar-refractivity contribution in [2.75, 3.05) is 27.3 Å². The molecule has 1 fully saturated rings. The summed E-state index contributed by atoms with van der Waals surface area (Å²) in [5.74, 6) is 0. The van der Waals surface area contributed by atoms with Crippen LogP contribution < -0.4 is 0 Å². The highest BCUT2D eigenvalue weighted by atomic mass is 16.5. The lowest BCUT2D eigenvalue weighted by atomic mass is 9.73. The van der Waals surface area contributed by atoms with Crippen molar-refractivity contribution in [1.82, 2.24) is 4.90 Å². The fourth-order valence-corrected chi connectivity index (χ4v) is 2.39. The van der Waals surface area contributed by atoms with Gasteiger partial charge >= 0.3 is 0 Å². The Labute approximate surface area is 93.4 Å². The molecule has 1 aliphatic carbocycles. The Hall–Kier alpha value is -0.120. The van der Waals surface area contributed by atoms with Crippen molar-refractivity contribution in [2.45, 2.75) is 45.3 Å². The molecule has 0 saturated heterocycles. The van der Waals surface area contributed by atoms with Gasteiger partial charge in [0.15, 0.2) is 0 Å². The van der Waals surface area contributed by atoms with Gasteiger partial charge in [-0.2, -0.15) is 0 Å². The molecule has 0 aliphatic heterocycles. The van der Waals surface area contributed by atoms with Gasteiger partial charge < -0.3 is 9.84 Å². The van der Waals surface area contributed by atoms with Gasteiger partial charge in [-0.1, -0.05) is 13.8 Å². The van der Waals surface area contributed by atoms with E-state index in [4.69, 9.17) is 4.74 Å². The quantitative estimate of drug-likeness (QED) is 0.771. The van der Waals surface area contributed by atoms with Crippen LogP contribution in [0.15, 0.2) is 0 Å². The number of nitrogens with zero attached hydrogens (tertiary/aromatic N) is 1. The molecule has 2 atom stereocenters. The summed E-state index contributed by atoms with van der Waals surface area (Å²) < 4.78 is 5.07. The van der Waals surface area contributed by atoms with Gasteiger partial charge in [0.05, 0.1) is 12.7 Å². The summed E-state index contributed by atoms with van der Waals surface area (Å²) in [6.45, 7) is 6.21. The van der Waals surface area contributed by atoms with Crippen molar-refractivity contribution in [3.05, 3.63) is 0 Å². The van der Waals surface area contributed by atoms with Crippen molar-refractivity contribution in [3.8, 4) is 0 Å². The third-order valence-electron chi connectivity index (χ3n) is 3.54. The van der Waals surface area contributed by atoms with E-state index in [9.17, 15) is 5.11 Å². The summed E-state index contributed by atoms with van der Waals surface area (Å²) in [5, 5.41) is 9.99. The number of aliphatic hydroxyl groups is 1. The molecule has 0 aromatic carbocycles. The fraction of sp³-hybridized carbons (Fsp3) is 1.00. The van der Waals surface area contributed by atoms with E-state index in [2.05, 4.69) is 25.8 Å². The van der Waals surface area contributed by atoms with Crippen LogP contribution in [0, 0.1) is 5.41 Å². The van der Waals surface area contributed by atoms with Gasteiger partial charge in [0.2, 0.25) is 0 Å². The van der Waals surface area contributed by atoms with Crippen LogP contribution >= 0.6 is 0 Å². The second kappa shape index (κ2) is 5.28. The molecule has 3 heteroatoms. The molecule has 0 heterocycles. The van der Waals surface area contributed by atoms with Gasteiger partial charge in [-0.15, -0.1) is 0 Å². The largest absolute Gasteiger partial charge is 0.391 e. The van der Waals surface area contributed by atoms with E-state index < -0.39 is 0 Å². The number of aliphatic hydroxyl groups excluding tert-OH is 1. The number of likely N-dealkylation sites (N-methyl/N-ethyl adjacent to an activating group) is 1. The molecule has 1 N–H and O–H groups in total. The number of rotatable bonds is 4. The molecule has 1 saturated carbocycles. The molecule has 2 unspecified atom stereocenters. The first kappa shape index (κ1) is 12.9. The third-order valence-corrected chi connectivity index (χ3v) is 3.54. The summed E-state index contributed by atoms with van der Waals surface area (Å²) in [6, 6.07) is 0.295. The van der Waals surface area contributed by atoms with Crippen molar-refractivity contribution in [2.24, 2.45) is 5.41 Å². The standard InChI is InChI=1S/C12H25NO2/c1-12(2)6-5-11(14)10(9-12)13(3)7-8-15-4/h10-11,14H,5-9H2,1-4H3. The highest BCUT2D eigenvalue weighted by Crippen LogP contribution is 2.37. The predicted molar refractivity (Wildman–Crippen MR) is 61.9 cm³/mol. The fourth-order valence-electron chi connectivity index (χ4n) is 2.39. The lowest BCUT2D eigenvalue weighted by molar-refractivity contribution is -0.0138. The van der Waals surface area contributed by atoms with Gasteiger partial charge in [-0.25, -0.2) is 0 Å². The Morgan fingerprint density at radius 1 is 1.47 bits per heavy atom. The number of hydrogen-bond donors (Lipinski definition) is 1.